The Morgan fingerprint density at radius 2 is 1.68 bits per heavy atom. The van der Waals surface area contributed by atoms with E-state index in [1.807, 2.05) is 0 Å². The highest BCUT2D eigenvalue weighted by molar-refractivity contribution is 7.92. The fourth-order valence-electron chi connectivity index (χ4n) is 2.58. The lowest BCUT2D eigenvalue weighted by Gasteiger charge is -2.20. The van der Waals surface area contributed by atoms with Gasteiger partial charge in [0.25, 0.3) is 5.91 Å². The molecule has 0 unspecified atom stereocenters. The number of amides is 1. The minimum absolute atomic E-state index is 0.197. The van der Waals surface area contributed by atoms with Crippen molar-refractivity contribution in [1.29, 1.82) is 0 Å². The lowest BCUT2D eigenvalue weighted by atomic mass is 10.2. The van der Waals surface area contributed by atoms with Crippen molar-refractivity contribution in [2.45, 2.75) is 6.92 Å². The third-order valence-electron chi connectivity index (χ3n) is 3.85. The zero-order chi connectivity index (χ0) is 20.7. The van der Waals surface area contributed by atoms with Gasteiger partial charge < -0.3 is 19.5 Å². The largest absolute Gasteiger partial charge is 0.493 e. The summed E-state index contributed by atoms with van der Waals surface area (Å²) in [4.78, 5) is 12.1. The smallest absolute Gasteiger partial charge is 0.262 e. The molecule has 0 aliphatic carbocycles. The molecule has 0 fully saturated rings. The fourth-order valence-corrected chi connectivity index (χ4v) is 3.55. The van der Waals surface area contributed by atoms with Crippen molar-refractivity contribution in [2.75, 3.05) is 43.2 Å². The normalized spacial score (nSPS) is 10.9. The number of methoxy groups -OCH3 is 2. The van der Waals surface area contributed by atoms with Crippen LogP contribution in [0.15, 0.2) is 42.5 Å². The van der Waals surface area contributed by atoms with Crippen LogP contribution in [0.3, 0.4) is 0 Å². The van der Waals surface area contributed by atoms with Crippen LogP contribution in [0.1, 0.15) is 6.92 Å². The standard InChI is InChI=1S/C19H24N2O6S/c1-5-21(28(4,23)24)15-7-9-16(10-8-15)27-13-19(22)20-14-6-11-17(25-2)18(12-14)26-3/h6-12H,5,13H2,1-4H3,(H,20,22). The molecule has 0 aliphatic rings. The first kappa shape index (κ1) is 21.4. The van der Waals surface area contributed by atoms with Gasteiger partial charge in [-0.25, -0.2) is 8.42 Å². The van der Waals surface area contributed by atoms with Crippen LogP contribution in [-0.2, 0) is 14.8 Å². The van der Waals surface area contributed by atoms with Crippen LogP contribution in [0.5, 0.6) is 17.2 Å². The second-order valence-electron chi connectivity index (χ2n) is 5.83. The SMILES string of the molecule is CCN(c1ccc(OCC(=O)Nc2ccc(OC)c(OC)c2)cc1)S(C)(=O)=O. The number of anilines is 2. The van der Waals surface area contributed by atoms with Gasteiger partial charge >= 0.3 is 0 Å². The molecule has 0 atom stereocenters. The van der Waals surface area contributed by atoms with Crippen LogP contribution in [0.2, 0.25) is 0 Å². The van der Waals surface area contributed by atoms with Gasteiger partial charge in [0.2, 0.25) is 10.0 Å². The maximum absolute atomic E-state index is 12.1. The molecule has 2 aromatic rings. The summed E-state index contributed by atoms with van der Waals surface area (Å²) in [5.74, 6) is 1.17. The third-order valence-corrected chi connectivity index (χ3v) is 5.12. The minimum Gasteiger partial charge on any atom is -0.493 e. The molecule has 0 aromatic heterocycles. The van der Waals surface area contributed by atoms with E-state index in [0.717, 1.165) is 6.26 Å². The Labute approximate surface area is 165 Å². The zero-order valence-electron chi connectivity index (χ0n) is 16.3. The number of rotatable bonds is 9. The van der Waals surface area contributed by atoms with E-state index >= 15 is 0 Å². The summed E-state index contributed by atoms with van der Waals surface area (Å²) in [6.07, 6.45) is 1.15. The van der Waals surface area contributed by atoms with Crippen molar-refractivity contribution < 1.29 is 27.4 Å². The summed E-state index contributed by atoms with van der Waals surface area (Å²) in [7, 11) is -0.297. The zero-order valence-corrected chi connectivity index (χ0v) is 17.1. The van der Waals surface area contributed by atoms with E-state index in [-0.39, 0.29) is 12.5 Å². The van der Waals surface area contributed by atoms with E-state index in [1.165, 1.54) is 18.5 Å². The van der Waals surface area contributed by atoms with Crippen LogP contribution in [0.4, 0.5) is 11.4 Å². The fraction of sp³-hybridized carbons (Fsp3) is 0.316. The molecule has 0 aliphatic heterocycles. The molecule has 1 amide bonds. The second-order valence-corrected chi connectivity index (χ2v) is 7.74. The van der Waals surface area contributed by atoms with Crippen LogP contribution in [0.25, 0.3) is 0 Å². The first-order chi connectivity index (χ1) is 13.3. The number of hydrogen-bond donors (Lipinski definition) is 1. The molecule has 2 rings (SSSR count). The number of ether oxygens (including phenoxy) is 3. The molecule has 0 saturated heterocycles. The predicted octanol–water partition coefficient (Wildman–Crippen LogP) is 2.51. The molecule has 9 heteroatoms. The van der Waals surface area contributed by atoms with Crippen molar-refractivity contribution in [3.8, 4) is 17.2 Å². The van der Waals surface area contributed by atoms with E-state index in [4.69, 9.17) is 14.2 Å². The van der Waals surface area contributed by atoms with Gasteiger partial charge in [0.15, 0.2) is 18.1 Å². The van der Waals surface area contributed by atoms with Gasteiger partial charge in [0.1, 0.15) is 5.75 Å². The average molecular weight is 408 g/mol. The first-order valence-electron chi connectivity index (χ1n) is 8.51. The Balaban J connectivity index is 1.96. The summed E-state index contributed by atoms with van der Waals surface area (Å²) in [5.41, 5.74) is 1.08. The number of hydrogen-bond acceptors (Lipinski definition) is 6. The van der Waals surface area contributed by atoms with Gasteiger partial charge in [0.05, 0.1) is 26.2 Å². The average Bonchev–Trinajstić information content (AvgIpc) is 2.66. The molecule has 8 nitrogen and oxygen atoms in total. The number of benzene rings is 2. The molecule has 2 aromatic carbocycles. The highest BCUT2D eigenvalue weighted by Crippen LogP contribution is 2.29. The Morgan fingerprint density at radius 3 is 2.21 bits per heavy atom. The van der Waals surface area contributed by atoms with E-state index < -0.39 is 10.0 Å². The molecular weight excluding hydrogens is 384 g/mol. The molecule has 0 bridgehead atoms. The first-order valence-corrected chi connectivity index (χ1v) is 10.4. The number of carbonyl (C=O) groups is 1. The highest BCUT2D eigenvalue weighted by Gasteiger charge is 2.15. The molecule has 1 N–H and O–H groups in total. The third kappa shape index (κ3) is 5.53. The maximum Gasteiger partial charge on any atom is 0.262 e. The van der Waals surface area contributed by atoms with Crippen molar-refractivity contribution in [1.82, 2.24) is 0 Å². The van der Waals surface area contributed by atoms with E-state index in [1.54, 1.807) is 49.4 Å². The van der Waals surface area contributed by atoms with Crippen LogP contribution >= 0.6 is 0 Å². The topological polar surface area (TPSA) is 94.2 Å². The Kier molecular flexibility index (Phi) is 7.11. The Bertz CT molecular complexity index is 913. The summed E-state index contributed by atoms with van der Waals surface area (Å²) < 4.78 is 40.6. The molecule has 152 valence electrons. The van der Waals surface area contributed by atoms with E-state index in [0.29, 0.717) is 35.2 Å². The lowest BCUT2D eigenvalue weighted by molar-refractivity contribution is -0.118. The Morgan fingerprint density at radius 1 is 1.04 bits per heavy atom. The molecular formula is C19H24N2O6S. The van der Waals surface area contributed by atoms with E-state index in [2.05, 4.69) is 5.32 Å². The summed E-state index contributed by atoms with van der Waals surface area (Å²) >= 11 is 0. The molecule has 0 heterocycles. The van der Waals surface area contributed by atoms with Gasteiger partial charge in [0, 0.05) is 18.3 Å². The maximum atomic E-state index is 12.1. The summed E-state index contributed by atoms with van der Waals surface area (Å²) in [6, 6.07) is 11.5. The van der Waals surface area contributed by atoms with Gasteiger partial charge in [-0.2, -0.15) is 0 Å². The van der Waals surface area contributed by atoms with Gasteiger partial charge in [-0.05, 0) is 43.3 Å². The monoisotopic (exact) mass is 408 g/mol. The molecule has 0 spiro atoms. The van der Waals surface area contributed by atoms with Crippen molar-refractivity contribution >= 4 is 27.3 Å². The summed E-state index contributed by atoms with van der Waals surface area (Å²) in [5, 5.41) is 2.71. The predicted molar refractivity (Wildman–Crippen MR) is 108 cm³/mol. The molecule has 0 saturated carbocycles. The van der Waals surface area contributed by atoms with E-state index in [9.17, 15) is 13.2 Å². The number of sulfonamides is 1. The van der Waals surface area contributed by atoms with Crippen LogP contribution in [-0.4, -0.2) is 48.0 Å². The number of nitrogens with zero attached hydrogens (tertiary/aromatic N) is 1. The minimum atomic E-state index is -3.34. The Hall–Kier alpha value is -2.94. The van der Waals surface area contributed by atoms with Crippen molar-refractivity contribution in [2.24, 2.45) is 0 Å². The number of carbonyl (C=O) groups excluding carboxylic acids is 1. The number of nitrogens with one attached hydrogen (secondary N) is 1. The summed E-state index contributed by atoms with van der Waals surface area (Å²) in [6.45, 7) is 1.88. The van der Waals surface area contributed by atoms with Crippen molar-refractivity contribution in [3.05, 3.63) is 42.5 Å². The quantitative estimate of drug-likeness (QED) is 0.685. The molecule has 28 heavy (non-hydrogen) atoms. The highest BCUT2D eigenvalue weighted by atomic mass is 32.2. The van der Waals surface area contributed by atoms with Gasteiger partial charge in [-0.15, -0.1) is 0 Å². The lowest BCUT2D eigenvalue weighted by Crippen LogP contribution is -2.29. The van der Waals surface area contributed by atoms with Gasteiger partial charge in [-0.1, -0.05) is 0 Å². The van der Waals surface area contributed by atoms with Crippen LogP contribution in [0, 0.1) is 0 Å². The second kappa shape index (κ2) is 9.32. The van der Waals surface area contributed by atoms with Gasteiger partial charge in [-0.3, -0.25) is 9.10 Å². The van der Waals surface area contributed by atoms with Crippen molar-refractivity contribution in [3.63, 3.8) is 0 Å². The molecule has 0 radical (unpaired) electrons. The van der Waals surface area contributed by atoms with Crippen LogP contribution < -0.4 is 23.8 Å².